The van der Waals surface area contributed by atoms with Crippen molar-refractivity contribution in [3.63, 3.8) is 0 Å². The van der Waals surface area contributed by atoms with Gasteiger partial charge in [-0.1, -0.05) is 36.4 Å². The normalized spacial score (nSPS) is 11.7. The molecule has 0 aromatic heterocycles. The van der Waals surface area contributed by atoms with Gasteiger partial charge in [-0.2, -0.15) is 0 Å². The van der Waals surface area contributed by atoms with Gasteiger partial charge in [0.2, 0.25) is 0 Å². The van der Waals surface area contributed by atoms with E-state index in [9.17, 15) is 14.7 Å². The van der Waals surface area contributed by atoms with Crippen molar-refractivity contribution in [2.24, 2.45) is 5.73 Å². The standard InChI is InChI=1S/C19H22N2O3/c20-14-8-7-13-17(19(23)24)21(16-11-5-2-6-12-16)18(22)15-9-3-1-4-10-15/h1-6,9-12,17H,7-8,13-14,20H2,(H,23,24). The van der Waals surface area contributed by atoms with Crippen LogP contribution in [0.4, 0.5) is 5.69 Å². The molecule has 5 heteroatoms. The molecule has 126 valence electrons. The zero-order chi connectivity index (χ0) is 17.4. The molecular weight excluding hydrogens is 304 g/mol. The monoisotopic (exact) mass is 326 g/mol. The zero-order valence-electron chi connectivity index (χ0n) is 13.5. The molecule has 2 aromatic rings. The molecule has 0 saturated heterocycles. The van der Waals surface area contributed by atoms with Gasteiger partial charge in [-0.25, -0.2) is 4.79 Å². The van der Waals surface area contributed by atoms with Gasteiger partial charge in [-0.15, -0.1) is 0 Å². The van der Waals surface area contributed by atoms with E-state index in [0.29, 0.717) is 30.6 Å². The van der Waals surface area contributed by atoms with Gasteiger partial charge in [0.15, 0.2) is 0 Å². The number of unbranched alkanes of at least 4 members (excludes halogenated alkanes) is 1. The van der Waals surface area contributed by atoms with Gasteiger partial charge in [-0.3, -0.25) is 9.69 Å². The third-order valence-corrected chi connectivity index (χ3v) is 3.80. The molecule has 2 rings (SSSR count). The summed E-state index contributed by atoms with van der Waals surface area (Å²) in [4.78, 5) is 26.2. The molecule has 1 unspecified atom stereocenters. The molecule has 0 aliphatic rings. The molecule has 0 bridgehead atoms. The lowest BCUT2D eigenvalue weighted by atomic mass is 10.0. The lowest BCUT2D eigenvalue weighted by molar-refractivity contribution is -0.138. The fourth-order valence-electron chi connectivity index (χ4n) is 2.59. The smallest absolute Gasteiger partial charge is 0.326 e. The molecule has 5 nitrogen and oxygen atoms in total. The van der Waals surface area contributed by atoms with Crippen molar-refractivity contribution in [3.8, 4) is 0 Å². The van der Waals surface area contributed by atoms with Crippen LogP contribution in [0.2, 0.25) is 0 Å². The van der Waals surface area contributed by atoms with Crippen LogP contribution in [0.25, 0.3) is 0 Å². The number of benzene rings is 2. The van der Waals surface area contributed by atoms with Crippen LogP contribution >= 0.6 is 0 Å². The lowest BCUT2D eigenvalue weighted by Gasteiger charge is -2.29. The average molecular weight is 326 g/mol. The summed E-state index contributed by atoms with van der Waals surface area (Å²) < 4.78 is 0. The largest absolute Gasteiger partial charge is 0.480 e. The molecular formula is C19H22N2O3. The fourth-order valence-corrected chi connectivity index (χ4v) is 2.59. The van der Waals surface area contributed by atoms with E-state index in [1.807, 2.05) is 12.1 Å². The minimum absolute atomic E-state index is 0.318. The lowest BCUT2D eigenvalue weighted by Crippen LogP contribution is -2.45. The molecule has 1 atom stereocenters. The summed E-state index contributed by atoms with van der Waals surface area (Å²) in [6, 6.07) is 16.7. The van der Waals surface area contributed by atoms with Gasteiger partial charge in [0.1, 0.15) is 6.04 Å². The Morgan fingerprint density at radius 3 is 2.08 bits per heavy atom. The van der Waals surface area contributed by atoms with Crippen molar-refractivity contribution in [1.29, 1.82) is 0 Å². The number of carbonyl (C=O) groups excluding carboxylic acids is 1. The number of hydrogen-bond donors (Lipinski definition) is 2. The maximum Gasteiger partial charge on any atom is 0.326 e. The Hall–Kier alpha value is -2.66. The van der Waals surface area contributed by atoms with E-state index in [2.05, 4.69) is 0 Å². The van der Waals surface area contributed by atoms with Crippen LogP contribution < -0.4 is 10.6 Å². The van der Waals surface area contributed by atoms with E-state index in [-0.39, 0.29) is 5.91 Å². The summed E-state index contributed by atoms with van der Waals surface area (Å²) in [5.41, 5.74) is 6.54. The van der Waals surface area contributed by atoms with Crippen molar-refractivity contribution in [3.05, 3.63) is 66.2 Å². The van der Waals surface area contributed by atoms with Crippen molar-refractivity contribution in [1.82, 2.24) is 0 Å². The quantitative estimate of drug-likeness (QED) is 0.731. The second-order valence-electron chi connectivity index (χ2n) is 5.52. The Bertz CT molecular complexity index is 659. The third-order valence-electron chi connectivity index (χ3n) is 3.80. The number of hydrogen-bond acceptors (Lipinski definition) is 3. The van der Waals surface area contributed by atoms with E-state index in [1.54, 1.807) is 48.5 Å². The van der Waals surface area contributed by atoms with Gasteiger partial charge in [0, 0.05) is 11.3 Å². The number of aliphatic carboxylic acids is 1. The predicted octanol–water partition coefficient (Wildman–Crippen LogP) is 2.92. The van der Waals surface area contributed by atoms with E-state index in [4.69, 9.17) is 5.73 Å². The summed E-state index contributed by atoms with van der Waals surface area (Å²) in [5, 5.41) is 9.67. The van der Waals surface area contributed by atoms with Crippen molar-refractivity contribution >= 4 is 17.6 Å². The molecule has 0 radical (unpaired) electrons. The molecule has 24 heavy (non-hydrogen) atoms. The Morgan fingerprint density at radius 2 is 1.54 bits per heavy atom. The Morgan fingerprint density at radius 1 is 0.958 bits per heavy atom. The summed E-state index contributed by atoms with van der Waals surface area (Å²) >= 11 is 0. The van der Waals surface area contributed by atoms with Crippen LogP contribution in [0, 0.1) is 0 Å². The maximum atomic E-state index is 13.0. The van der Waals surface area contributed by atoms with Gasteiger partial charge in [0.25, 0.3) is 5.91 Å². The zero-order valence-corrected chi connectivity index (χ0v) is 13.5. The molecule has 0 heterocycles. The van der Waals surface area contributed by atoms with Crippen molar-refractivity contribution in [2.75, 3.05) is 11.4 Å². The highest BCUT2D eigenvalue weighted by Gasteiger charge is 2.31. The molecule has 0 aliphatic heterocycles. The Labute approximate surface area is 141 Å². The number of anilines is 1. The first kappa shape index (κ1) is 17.7. The summed E-state index contributed by atoms with van der Waals surface area (Å²) in [6.45, 7) is 0.504. The topological polar surface area (TPSA) is 83.6 Å². The van der Waals surface area contributed by atoms with Gasteiger partial charge in [0.05, 0.1) is 0 Å². The summed E-state index contributed by atoms with van der Waals surface area (Å²) in [6.07, 6.45) is 1.74. The minimum Gasteiger partial charge on any atom is -0.480 e. The second kappa shape index (κ2) is 8.84. The predicted molar refractivity (Wildman–Crippen MR) is 94.0 cm³/mol. The highest BCUT2D eigenvalue weighted by Crippen LogP contribution is 2.23. The Kier molecular flexibility index (Phi) is 6.51. The van der Waals surface area contributed by atoms with E-state index in [1.165, 1.54) is 4.90 Å². The average Bonchev–Trinajstić information content (AvgIpc) is 2.62. The summed E-state index contributed by atoms with van der Waals surface area (Å²) in [5.74, 6) is -1.33. The third kappa shape index (κ3) is 4.43. The second-order valence-corrected chi connectivity index (χ2v) is 5.52. The fraction of sp³-hybridized carbons (Fsp3) is 0.263. The van der Waals surface area contributed by atoms with Gasteiger partial charge >= 0.3 is 5.97 Å². The van der Waals surface area contributed by atoms with Crippen LogP contribution in [0.1, 0.15) is 29.6 Å². The molecule has 0 fully saturated rings. The first-order valence-electron chi connectivity index (χ1n) is 8.01. The van der Waals surface area contributed by atoms with E-state index < -0.39 is 12.0 Å². The van der Waals surface area contributed by atoms with Gasteiger partial charge in [-0.05, 0) is 50.1 Å². The highest BCUT2D eigenvalue weighted by atomic mass is 16.4. The van der Waals surface area contributed by atoms with E-state index >= 15 is 0 Å². The SMILES string of the molecule is NCCCCC(C(=O)O)N(C(=O)c1ccccc1)c1ccccc1. The molecule has 0 spiro atoms. The van der Waals surface area contributed by atoms with Crippen molar-refractivity contribution in [2.45, 2.75) is 25.3 Å². The number of carbonyl (C=O) groups is 2. The maximum absolute atomic E-state index is 13.0. The first-order chi connectivity index (χ1) is 11.6. The molecule has 0 saturated carbocycles. The number of amides is 1. The highest BCUT2D eigenvalue weighted by molar-refractivity contribution is 6.09. The number of para-hydroxylation sites is 1. The number of carboxylic acids is 1. The van der Waals surface area contributed by atoms with Crippen molar-refractivity contribution < 1.29 is 14.7 Å². The van der Waals surface area contributed by atoms with Crippen LogP contribution in [0.3, 0.4) is 0 Å². The molecule has 2 aromatic carbocycles. The number of nitrogens with zero attached hydrogens (tertiary/aromatic N) is 1. The molecule has 1 amide bonds. The molecule has 3 N–H and O–H groups in total. The first-order valence-corrected chi connectivity index (χ1v) is 8.01. The Balaban J connectivity index is 2.38. The number of rotatable bonds is 8. The van der Waals surface area contributed by atoms with E-state index in [0.717, 1.165) is 6.42 Å². The van der Waals surface area contributed by atoms with Crippen LogP contribution in [-0.2, 0) is 4.79 Å². The number of nitrogens with two attached hydrogens (primary N) is 1. The van der Waals surface area contributed by atoms with Crippen LogP contribution in [0.5, 0.6) is 0 Å². The van der Waals surface area contributed by atoms with Gasteiger partial charge < -0.3 is 10.8 Å². The minimum atomic E-state index is -1.01. The van der Waals surface area contributed by atoms with Crippen LogP contribution in [0.15, 0.2) is 60.7 Å². The number of carboxylic acid groups (broad SMARTS) is 1. The summed E-state index contributed by atoms with van der Waals surface area (Å²) in [7, 11) is 0. The van der Waals surface area contributed by atoms with Crippen LogP contribution in [-0.4, -0.2) is 29.6 Å². The molecule has 0 aliphatic carbocycles.